The molecular weight excluding hydrogens is 262 g/mol. The highest BCUT2D eigenvalue weighted by molar-refractivity contribution is 7.16. The molecule has 1 atom stereocenters. The number of thiophene rings is 1. The van der Waals surface area contributed by atoms with Crippen molar-refractivity contribution in [2.75, 3.05) is 0 Å². The van der Waals surface area contributed by atoms with Gasteiger partial charge < -0.3 is 10.4 Å². The number of rotatable bonds is 3. The van der Waals surface area contributed by atoms with Crippen molar-refractivity contribution in [1.82, 2.24) is 5.32 Å². The molecule has 4 nitrogen and oxygen atoms in total. The molecule has 1 aromatic rings. The van der Waals surface area contributed by atoms with Gasteiger partial charge in [0.1, 0.15) is 4.88 Å². The van der Waals surface area contributed by atoms with Crippen LogP contribution in [0.2, 0.25) is 0 Å². The summed E-state index contributed by atoms with van der Waals surface area (Å²) in [6.45, 7) is 3.81. The topological polar surface area (TPSA) is 66.4 Å². The van der Waals surface area contributed by atoms with E-state index in [1.165, 1.54) is 5.57 Å². The molecule has 0 radical (unpaired) electrons. The third kappa shape index (κ3) is 3.23. The maximum Gasteiger partial charge on any atom is 0.346 e. The Hall–Kier alpha value is -1.62. The van der Waals surface area contributed by atoms with E-state index in [1.54, 1.807) is 13.0 Å². The molecular formula is C14H17NO3S. The van der Waals surface area contributed by atoms with Gasteiger partial charge in [-0.25, -0.2) is 4.79 Å². The number of allylic oxidation sites excluding steroid dienone is 1. The molecule has 19 heavy (non-hydrogen) atoms. The highest BCUT2D eigenvalue weighted by atomic mass is 32.1. The Labute approximate surface area is 116 Å². The summed E-state index contributed by atoms with van der Waals surface area (Å²) in [4.78, 5) is 23.7. The van der Waals surface area contributed by atoms with Crippen LogP contribution >= 0.6 is 11.3 Å². The van der Waals surface area contributed by atoms with Gasteiger partial charge in [0.15, 0.2) is 0 Å². The van der Waals surface area contributed by atoms with Crippen LogP contribution in [0.5, 0.6) is 0 Å². The predicted octanol–water partition coefficient (Wildman–Crippen LogP) is 2.98. The molecule has 1 aromatic heterocycles. The van der Waals surface area contributed by atoms with E-state index in [2.05, 4.69) is 18.3 Å². The van der Waals surface area contributed by atoms with Crippen LogP contribution in [-0.4, -0.2) is 23.0 Å². The summed E-state index contributed by atoms with van der Waals surface area (Å²) in [7, 11) is 0. The second kappa shape index (κ2) is 5.57. The lowest BCUT2D eigenvalue weighted by Crippen LogP contribution is -2.35. The van der Waals surface area contributed by atoms with Crippen LogP contribution in [-0.2, 0) is 0 Å². The Balaban J connectivity index is 2.04. The van der Waals surface area contributed by atoms with Gasteiger partial charge in [-0.1, -0.05) is 11.6 Å². The minimum atomic E-state index is -0.974. The van der Waals surface area contributed by atoms with Crippen LogP contribution in [0.4, 0.5) is 0 Å². The maximum absolute atomic E-state index is 12.1. The van der Waals surface area contributed by atoms with Crippen molar-refractivity contribution < 1.29 is 14.7 Å². The molecule has 1 aliphatic carbocycles. The molecule has 0 fully saturated rings. The third-order valence-corrected chi connectivity index (χ3v) is 4.53. The van der Waals surface area contributed by atoms with Crippen molar-refractivity contribution in [2.45, 2.75) is 39.2 Å². The SMILES string of the molecule is CC1=CCC(NC(=O)c2cc(C)c(C(=O)O)s2)CC1. The number of nitrogens with one attached hydrogen (secondary N) is 1. The van der Waals surface area contributed by atoms with E-state index in [4.69, 9.17) is 5.11 Å². The van der Waals surface area contributed by atoms with E-state index >= 15 is 0 Å². The number of aryl methyl sites for hydroxylation is 1. The second-order valence-corrected chi connectivity index (χ2v) is 5.98. The zero-order valence-corrected chi connectivity index (χ0v) is 11.8. The fraction of sp³-hybridized carbons (Fsp3) is 0.429. The van der Waals surface area contributed by atoms with E-state index in [0.717, 1.165) is 30.6 Å². The summed E-state index contributed by atoms with van der Waals surface area (Å²) in [5, 5.41) is 12.0. The summed E-state index contributed by atoms with van der Waals surface area (Å²) < 4.78 is 0. The highest BCUT2D eigenvalue weighted by Crippen LogP contribution is 2.23. The number of carboxylic acid groups (broad SMARTS) is 1. The largest absolute Gasteiger partial charge is 0.477 e. The maximum atomic E-state index is 12.1. The van der Waals surface area contributed by atoms with Gasteiger partial charge in [-0.15, -0.1) is 11.3 Å². The Morgan fingerprint density at radius 3 is 2.68 bits per heavy atom. The first-order valence-electron chi connectivity index (χ1n) is 6.27. The summed E-state index contributed by atoms with van der Waals surface area (Å²) in [5.74, 6) is -1.14. The Bertz CT molecular complexity index is 545. The Morgan fingerprint density at radius 2 is 2.16 bits per heavy atom. The summed E-state index contributed by atoms with van der Waals surface area (Å²) in [5.41, 5.74) is 2.01. The number of carbonyl (C=O) groups is 2. The molecule has 2 rings (SSSR count). The van der Waals surface area contributed by atoms with Crippen molar-refractivity contribution in [2.24, 2.45) is 0 Å². The fourth-order valence-electron chi connectivity index (χ4n) is 2.16. The van der Waals surface area contributed by atoms with Crippen LogP contribution in [0, 0.1) is 6.92 Å². The summed E-state index contributed by atoms with van der Waals surface area (Å²) in [6.07, 6.45) is 4.96. The first kappa shape index (κ1) is 13.8. The van der Waals surface area contributed by atoms with Crippen molar-refractivity contribution in [3.8, 4) is 0 Å². The molecule has 1 unspecified atom stereocenters. The van der Waals surface area contributed by atoms with E-state index in [9.17, 15) is 9.59 Å². The molecule has 2 N–H and O–H groups in total. The quantitative estimate of drug-likeness (QED) is 0.836. The van der Waals surface area contributed by atoms with Gasteiger partial charge in [-0.2, -0.15) is 0 Å². The average Bonchev–Trinajstić information content (AvgIpc) is 2.74. The van der Waals surface area contributed by atoms with Crippen LogP contribution in [0.15, 0.2) is 17.7 Å². The number of carboxylic acids is 1. The molecule has 0 spiro atoms. The van der Waals surface area contributed by atoms with Gasteiger partial charge in [0, 0.05) is 6.04 Å². The summed E-state index contributed by atoms with van der Waals surface area (Å²) >= 11 is 1.04. The molecule has 0 bridgehead atoms. The molecule has 5 heteroatoms. The molecule has 0 saturated heterocycles. The number of carbonyl (C=O) groups excluding carboxylic acids is 1. The number of aromatic carboxylic acids is 1. The minimum absolute atomic E-state index is 0.159. The molecule has 0 aromatic carbocycles. The standard InChI is InChI=1S/C14H17NO3S/c1-8-3-5-10(6-4-8)15-13(16)11-7-9(2)12(19-11)14(17)18/h3,7,10H,4-6H2,1-2H3,(H,15,16)(H,17,18). The zero-order chi connectivity index (χ0) is 14.0. The van der Waals surface area contributed by atoms with Crippen molar-refractivity contribution in [3.05, 3.63) is 33.0 Å². The van der Waals surface area contributed by atoms with Crippen LogP contribution in [0.25, 0.3) is 0 Å². The smallest absolute Gasteiger partial charge is 0.346 e. The lowest BCUT2D eigenvalue weighted by atomic mass is 9.96. The van der Waals surface area contributed by atoms with E-state index in [0.29, 0.717) is 10.4 Å². The number of hydrogen-bond acceptors (Lipinski definition) is 3. The van der Waals surface area contributed by atoms with Crippen LogP contribution < -0.4 is 5.32 Å². The first-order valence-corrected chi connectivity index (χ1v) is 7.09. The predicted molar refractivity (Wildman–Crippen MR) is 74.9 cm³/mol. The van der Waals surface area contributed by atoms with E-state index < -0.39 is 5.97 Å². The zero-order valence-electron chi connectivity index (χ0n) is 11.0. The van der Waals surface area contributed by atoms with Crippen molar-refractivity contribution in [3.63, 3.8) is 0 Å². The fourth-order valence-corrected chi connectivity index (χ4v) is 3.07. The molecule has 1 amide bonds. The molecule has 0 saturated carbocycles. The van der Waals surface area contributed by atoms with Crippen molar-refractivity contribution in [1.29, 1.82) is 0 Å². The normalized spacial score (nSPS) is 18.8. The van der Waals surface area contributed by atoms with Gasteiger partial charge in [0.05, 0.1) is 4.88 Å². The monoisotopic (exact) mass is 279 g/mol. The van der Waals surface area contributed by atoms with Gasteiger partial charge in [-0.3, -0.25) is 4.79 Å². The third-order valence-electron chi connectivity index (χ3n) is 3.31. The highest BCUT2D eigenvalue weighted by Gasteiger charge is 2.20. The average molecular weight is 279 g/mol. The van der Waals surface area contributed by atoms with E-state index in [1.807, 2.05) is 0 Å². The molecule has 102 valence electrons. The Morgan fingerprint density at radius 1 is 1.42 bits per heavy atom. The van der Waals surface area contributed by atoms with Gasteiger partial charge in [0.2, 0.25) is 0 Å². The van der Waals surface area contributed by atoms with Crippen molar-refractivity contribution >= 4 is 23.2 Å². The second-order valence-electron chi connectivity index (χ2n) is 4.92. The minimum Gasteiger partial charge on any atom is -0.477 e. The van der Waals surface area contributed by atoms with Crippen LogP contribution in [0.1, 0.15) is 51.1 Å². The number of hydrogen-bond donors (Lipinski definition) is 2. The first-order chi connectivity index (χ1) is 8.97. The van der Waals surface area contributed by atoms with Gasteiger partial charge in [0.25, 0.3) is 5.91 Å². The number of amides is 1. The Kier molecular flexibility index (Phi) is 4.04. The molecule has 0 aliphatic heterocycles. The van der Waals surface area contributed by atoms with E-state index in [-0.39, 0.29) is 16.8 Å². The van der Waals surface area contributed by atoms with Gasteiger partial charge >= 0.3 is 5.97 Å². The van der Waals surface area contributed by atoms with Gasteiger partial charge in [-0.05, 0) is 44.7 Å². The molecule has 1 heterocycles. The van der Waals surface area contributed by atoms with Crippen LogP contribution in [0.3, 0.4) is 0 Å². The molecule has 1 aliphatic rings. The lowest BCUT2D eigenvalue weighted by molar-refractivity contribution is 0.0701. The lowest BCUT2D eigenvalue weighted by Gasteiger charge is -2.21. The summed E-state index contributed by atoms with van der Waals surface area (Å²) in [6, 6.07) is 1.81.